The fourth-order valence-corrected chi connectivity index (χ4v) is 5.52. The normalized spacial score (nSPS) is 17.8. The molecule has 3 N–H and O–H groups in total. The predicted molar refractivity (Wildman–Crippen MR) is 119 cm³/mol. The highest BCUT2D eigenvalue weighted by molar-refractivity contribution is 7.88. The molecule has 31 heavy (non-hydrogen) atoms. The van der Waals surface area contributed by atoms with Gasteiger partial charge in [-0.3, -0.25) is 0 Å². The molecule has 4 rings (SSSR count). The number of nitrogens with one attached hydrogen (secondary N) is 1. The molecular weight excluding hydrogens is 417 g/mol. The summed E-state index contributed by atoms with van der Waals surface area (Å²) in [4.78, 5) is 0. The van der Waals surface area contributed by atoms with Crippen molar-refractivity contribution < 1.29 is 27.6 Å². The number of hydrogen-bond acceptors (Lipinski definition) is 6. The largest absolute Gasteiger partial charge is 0.471 e. The molecule has 0 bridgehead atoms. The number of fused-ring (bicyclic) bond motifs is 1. The minimum Gasteiger partial charge on any atom is -0.464 e. The third-order valence-electron chi connectivity index (χ3n) is 5.61. The monoisotopic (exact) mass is 443 g/mol. The number of hydrogen-bond donors (Lipinski definition) is 3. The fourth-order valence-electron chi connectivity index (χ4n) is 4.11. The van der Waals surface area contributed by atoms with Gasteiger partial charge < -0.3 is 19.2 Å². The van der Waals surface area contributed by atoms with Crippen LogP contribution in [0, 0.1) is 6.92 Å². The molecule has 0 saturated carbocycles. The van der Waals surface area contributed by atoms with Crippen LogP contribution in [0.2, 0.25) is 0 Å². The lowest BCUT2D eigenvalue weighted by atomic mass is 9.77. The smallest absolute Gasteiger partial charge is 0.464 e. The van der Waals surface area contributed by atoms with Gasteiger partial charge in [0.25, 0.3) is 0 Å². The first-order valence-electron chi connectivity index (χ1n) is 10.3. The van der Waals surface area contributed by atoms with Crippen molar-refractivity contribution in [2.75, 3.05) is 6.61 Å². The van der Waals surface area contributed by atoms with E-state index < -0.39 is 23.1 Å². The van der Waals surface area contributed by atoms with Gasteiger partial charge in [0.2, 0.25) is 10.0 Å². The summed E-state index contributed by atoms with van der Waals surface area (Å²) in [5.41, 5.74) is 3.85. The van der Waals surface area contributed by atoms with E-state index in [1.807, 2.05) is 43.3 Å². The summed E-state index contributed by atoms with van der Waals surface area (Å²) >= 11 is 0. The van der Waals surface area contributed by atoms with Crippen molar-refractivity contribution in [1.82, 2.24) is 4.72 Å². The first-order valence-corrected chi connectivity index (χ1v) is 12.0. The molecule has 2 atom stereocenters. The van der Waals surface area contributed by atoms with Gasteiger partial charge in [0.15, 0.2) is 0 Å². The van der Waals surface area contributed by atoms with Gasteiger partial charge in [-0.25, -0.2) is 13.1 Å². The standard InChI is InChI=1S/C22H26BNO6S/c1-15-8-9-19(20-7-4-10-29-20)17(11-15)14-31(27,28)24-22(23(25)26)12-16-13-30-21-6-3-2-5-18(16)21/h2-3,5-6,8-9,11,13,20,22,24-26H,4,7,10,12,14H2,1H3/t20?,22-/m0/s1. The van der Waals surface area contributed by atoms with E-state index in [1.54, 1.807) is 6.07 Å². The Labute approximate surface area is 182 Å². The van der Waals surface area contributed by atoms with Gasteiger partial charge in [0, 0.05) is 12.0 Å². The van der Waals surface area contributed by atoms with E-state index in [9.17, 15) is 18.5 Å². The Bertz CT molecular complexity index is 1150. The Balaban J connectivity index is 1.55. The maximum Gasteiger partial charge on any atom is 0.471 e. The lowest BCUT2D eigenvalue weighted by Gasteiger charge is -2.20. The second-order valence-electron chi connectivity index (χ2n) is 8.06. The Hall–Kier alpha value is -2.17. The molecule has 0 spiro atoms. The topological polar surface area (TPSA) is 109 Å². The number of rotatable bonds is 8. The number of para-hydroxylation sites is 1. The van der Waals surface area contributed by atoms with Gasteiger partial charge in [-0.2, -0.15) is 0 Å². The number of furan rings is 1. The highest BCUT2D eigenvalue weighted by Crippen LogP contribution is 2.32. The first kappa shape index (κ1) is 22.0. The van der Waals surface area contributed by atoms with E-state index in [-0.39, 0.29) is 18.3 Å². The quantitative estimate of drug-likeness (QED) is 0.462. The molecule has 1 unspecified atom stereocenters. The van der Waals surface area contributed by atoms with Crippen LogP contribution in [-0.4, -0.2) is 38.1 Å². The number of aryl methyl sites for hydroxylation is 1. The summed E-state index contributed by atoms with van der Waals surface area (Å²) in [5, 5.41) is 20.5. The zero-order valence-corrected chi connectivity index (χ0v) is 18.1. The molecule has 164 valence electrons. The third-order valence-corrected chi connectivity index (χ3v) is 6.97. The summed E-state index contributed by atoms with van der Waals surface area (Å²) in [7, 11) is -5.72. The van der Waals surface area contributed by atoms with Crippen molar-refractivity contribution in [3.05, 3.63) is 71.0 Å². The van der Waals surface area contributed by atoms with E-state index in [4.69, 9.17) is 9.15 Å². The average Bonchev–Trinajstić information content (AvgIpc) is 3.38. The Morgan fingerprint density at radius 1 is 1.19 bits per heavy atom. The van der Waals surface area contributed by atoms with Crippen molar-refractivity contribution >= 4 is 28.1 Å². The molecular formula is C22H26BNO6S. The van der Waals surface area contributed by atoms with E-state index >= 15 is 0 Å². The van der Waals surface area contributed by atoms with Crippen molar-refractivity contribution in [1.29, 1.82) is 0 Å². The van der Waals surface area contributed by atoms with Crippen LogP contribution in [0.3, 0.4) is 0 Å². The molecule has 7 nitrogen and oxygen atoms in total. The van der Waals surface area contributed by atoms with Crippen molar-refractivity contribution in [2.45, 2.75) is 44.0 Å². The van der Waals surface area contributed by atoms with Crippen molar-refractivity contribution in [3.8, 4) is 0 Å². The summed E-state index contributed by atoms with van der Waals surface area (Å²) in [6.45, 7) is 2.58. The second-order valence-corrected chi connectivity index (χ2v) is 9.82. The fraction of sp³-hybridized carbons (Fsp3) is 0.364. The molecule has 3 aromatic rings. The Kier molecular flexibility index (Phi) is 6.50. The van der Waals surface area contributed by atoms with Gasteiger partial charge in [-0.15, -0.1) is 0 Å². The van der Waals surface area contributed by atoms with E-state index in [2.05, 4.69) is 4.72 Å². The van der Waals surface area contributed by atoms with Gasteiger partial charge >= 0.3 is 7.12 Å². The highest BCUT2D eigenvalue weighted by atomic mass is 32.2. The number of benzene rings is 2. The molecule has 1 aliphatic heterocycles. The summed E-state index contributed by atoms with van der Waals surface area (Å²) in [6.07, 6.45) is 3.29. The van der Waals surface area contributed by atoms with Crippen LogP contribution >= 0.6 is 0 Å². The Morgan fingerprint density at radius 2 is 2.00 bits per heavy atom. The van der Waals surface area contributed by atoms with Crippen LogP contribution < -0.4 is 4.72 Å². The van der Waals surface area contributed by atoms with Crippen LogP contribution in [0.25, 0.3) is 11.0 Å². The van der Waals surface area contributed by atoms with Crippen LogP contribution in [-0.2, 0) is 26.9 Å². The zero-order chi connectivity index (χ0) is 22.0. The van der Waals surface area contributed by atoms with Gasteiger partial charge in [-0.05, 0) is 48.9 Å². The van der Waals surface area contributed by atoms with Gasteiger partial charge in [0.1, 0.15) is 5.58 Å². The third kappa shape index (κ3) is 5.19. The van der Waals surface area contributed by atoms with Crippen LogP contribution in [0.15, 0.2) is 53.1 Å². The van der Waals surface area contributed by atoms with Gasteiger partial charge in [0.05, 0.1) is 24.1 Å². The van der Waals surface area contributed by atoms with Crippen molar-refractivity contribution in [2.24, 2.45) is 0 Å². The molecule has 1 saturated heterocycles. The van der Waals surface area contributed by atoms with Crippen LogP contribution in [0.1, 0.15) is 41.2 Å². The SMILES string of the molecule is Cc1ccc(C2CCCO2)c(CS(=O)(=O)N[C@@H](Cc2coc3ccccc23)B(O)O)c1. The lowest BCUT2D eigenvalue weighted by molar-refractivity contribution is 0.111. The first-order chi connectivity index (χ1) is 14.8. The summed E-state index contributed by atoms with van der Waals surface area (Å²) in [6, 6.07) is 13.1. The van der Waals surface area contributed by atoms with Gasteiger partial charge in [-0.1, -0.05) is 42.0 Å². The predicted octanol–water partition coefficient (Wildman–Crippen LogP) is 2.64. The minimum absolute atomic E-state index is 0.0837. The van der Waals surface area contributed by atoms with E-state index in [1.165, 1.54) is 6.26 Å². The Morgan fingerprint density at radius 3 is 2.74 bits per heavy atom. The maximum absolute atomic E-state index is 13.0. The molecule has 0 aliphatic carbocycles. The molecule has 2 heterocycles. The molecule has 0 amide bonds. The summed E-state index contributed by atoms with van der Waals surface area (Å²) < 4.78 is 39.7. The summed E-state index contributed by atoms with van der Waals surface area (Å²) in [5.74, 6) is -1.37. The molecule has 1 aliphatic rings. The van der Waals surface area contributed by atoms with Crippen molar-refractivity contribution in [3.63, 3.8) is 0 Å². The molecule has 0 radical (unpaired) electrons. The second kappa shape index (κ2) is 9.14. The lowest BCUT2D eigenvalue weighted by Crippen LogP contribution is -2.48. The number of sulfonamides is 1. The maximum atomic E-state index is 13.0. The van der Waals surface area contributed by atoms with Crippen LogP contribution in [0.5, 0.6) is 0 Å². The van der Waals surface area contributed by atoms with E-state index in [0.29, 0.717) is 23.3 Å². The molecule has 2 aromatic carbocycles. The molecule has 9 heteroatoms. The number of ether oxygens (including phenoxy) is 1. The molecule has 1 aromatic heterocycles. The average molecular weight is 443 g/mol. The molecule has 1 fully saturated rings. The van der Waals surface area contributed by atoms with E-state index in [0.717, 1.165) is 29.4 Å². The van der Waals surface area contributed by atoms with Crippen LogP contribution in [0.4, 0.5) is 0 Å². The highest BCUT2D eigenvalue weighted by Gasteiger charge is 2.31. The zero-order valence-electron chi connectivity index (χ0n) is 17.3. The minimum atomic E-state index is -3.86.